The average molecular weight is 651 g/mol. The molecule has 1 amide bonds. The van der Waals surface area contributed by atoms with Crippen LogP contribution in [0, 0.1) is 5.82 Å². The maximum absolute atomic E-state index is 15.6. The molecule has 1 aromatic heterocycles. The number of carbonyl (C=O) groups is 2. The first kappa shape index (κ1) is 33.6. The van der Waals surface area contributed by atoms with Crippen molar-refractivity contribution in [1.82, 2.24) is 20.4 Å². The number of halogens is 4. The molecule has 2 fully saturated rings. The van der Waals surface area contributed by atoms with E-state index in [0.29, 0.717) is 34.3 Å². The molecule has 3 N–H and O–H groups in total. The Morgan fingerprint density at radius 3 is 2.32 bits per heavy atom. The molecule has 0 bridgehead atoms. The number of aromatic amines is 1. The summed E-state index contributed by atoms with van der Waals surface area (Å²) in [5.74, 6) is -3.45. The lowest BCUT2D eigenvalue weighted by molar-refractivity contribution is -0.192. The second-order valence-electron chi connectivity index (χ2n) is 11.6. The predicted octanol–water partition coefficient (Wildman–Crippen LogP) is 6.41. The van der Waals surface area contributed by atoms with Crippen LogP contribution in [0.3, 0.4) is 0 Å². The summed E-state index contributed by atoms with van der Waals surface area (Å²) in [6.07, 6.45) is 0.956. The van der Waals surface area contributed by atoms with Crippen molar-refractivity contribution in [1.29, 1.82) is 0 Å². The van der Waals surface area contributed by atoms with Gasteiger partial charge in [0, 0.05) is 48.6 Å². The first-order chi connectivity index (χ1) is 22.4. The van der Waals surface area contributed by atoms with Crippen molar-refractivity contribution in [2.24, 2.45) is 0 Å². The number of amides is 1. The maximum atomic E-state index is 15.6. The van der Waals surface area contributed by atoms with Crippen LogP contribution < -0.4 is 5.32 Å². The SMILES string of the molecule is C[C@@H]1CN(Cc2ccc(/C=C/c3n[nH]c4c(F)c(/C=C5/C(=O)NCC5c5ccccc5)ccc34)cc2)C[C@H](C)O1.O=C(O)C(F)(F)F. The van der Waals surface area contributed by atoms with E-state index in [2.05, 4.69) is 58.5 Å². The number of alkyl halides is 3. The highest BCUT2D eigenvalue weighted by Gasteiger charge is 2.38. The molecule has 3 atom stereocenters. The van der Waals surface area contributed by atoms with Crippen molar-refractivity contribution in [3.8, 4) is 0 Å². The topological polar surface area (TPSA) is 108 Å². The molecule has 2 saturated heterocycles. The van der Waals surface area contributed by atoms with Crippen molar-refractivity contribution in [2.45, 2.75) is 44.7 Å². The van der Waals surface area contributed by atoms with E-state index in [4.69, 9.17) is 14.6 Å². The minimum atomic E-state index is -5.08. The molecule has 3 heterocycles. The zero-order chi connectivity index (χ0) is 33.7. The van der Waals surface area contributed by atoms with Crippen molar-refractivity contribution in [2.75, 3.05) is 19.6 Å². The number of aromatic nitrogens is 2. The molecule has 0 spiro atoms. The molecule has 4 aromatic rings. The molecule has 6 rings (SSSR count). The van der Waals surface area contributed by atoms with Crippen LogP contribution >= 0.6 is 0 Å². The van der Waals surface area contributed by atoms with Crippen molar-refractivity contribution >= 4 is 41.0 Å². The van der Waals surface area contributed by atoms with Crippen molar-refractivity contribution < 1.29 is 37.0 Å². The molecule has 2 aliphatic heterocycles. The molecule has 0 saturated carbocycles. The third-order valence-corrected chi connectivity index (χ3v) is 7.91. The quantitative estimate of drug-likeness (QED) is 0.165. The Bertz CT molecular complexity index is 1780. The second kappa shape index (κ2) is 14.3. The van der Waals surface area contributed by atoms with Gasteiger partial charge in [0.2, 0.25) is 5.91 Å². The fraction of sp³-hybridized carbons (Fsp3) is 0.286. The summed E-state index contributed by atoms with van der Waals surface area (Å²) in [5, 5.41) is 17.9. The number of H-pyrrole nitrogens is 1. The van der Waals surface area contributed by atoms with Gasteiger partial charge in [-0.1, -0.05) is 66.7 Å². The third-order valence-electron chi connectivity index (χ3n) is 7.91. The van der Waals surface area contributed by atoms with Crippen LogP contribution in [0.25, 0.3) is 29.1 Å². The standard InChI is InChI=1S/C33H33FN4O2.C2HF3O2/c1-21-18-38(19-22(2)40-21)20-24-10-8-23(9-11-24)12-15-30-27-14-13-26(31(34)32(27)37-36-30)16-28-29(17-35-33(28)39)25-6-4-3-5-7-25;3-2(4,5)1(6)7/h3-16,21-22,29H,17-20H2,1-2H3,(H,35,39)(H,36,37);(H,6,7)/b15-12+,28-16+;/t21-,22+,29?;. The Morgan fingerprint density at radius 1 is 1.02 bits per heavy atom. The number of morpholine rings is 1. The van der Waals surface area contributed by atoms with Crippen LogP contribution in [-0.2, 0) is 20.9 Å². The van der Waals surface area contributed by atoms with Gasteiger partial charge in [-0.25, -0.2) is 9.18 Å². The second-order valence-corrected chi connectivity index (χ2v) is 11.6. The summed E-state index contributed by atoms with van der Waals surface area (Å²) >= 11 is 0. The number of rotatable bonds is 6. The number of nitrogens with one attached hydrogen (secondary N) is 2. The number of hydrogen-bond acceptors (Lipinski definition) is 5. The lowest BCUT2D eigenvalue weighted by Gasteiger charge is -2.35. The Morgan fingerprint density at radius 2 is 1.68 bits per heavy atom. The predicted molar refractivity (Wildman–Crippen MR) is 171 cm³/mol. The minimum absolute atomic E-state index is 0.114. The highest BCUT2D eigenvalue weighted by molar-refractivity contribution is 6.02. The number of nitrogens with zero attached hydrogens (tertiary/aromatic N) is 2. The van der Waals surface area contributed by atoms with E-state index in [1.54, 1.807) is 12.1 Å². The zero-order valence-electron chi connectivity index (χ0n) is 25.7. The van der Waals surface area contributed by atoms with Gasteiger partial charge in [-0.2, -0.15) is 18.3 Å². The largest absolute Gasteiger partial charge is 0.490 e. The fourth-order valence-corrected chi connectivity index (χ4v) is 5.79. The van der Waals surface area contributed by atoms with Crippen molar-refractivity contribution in [3.63, 3.8) is 0 Å². The highest BCUT2D eigenvalue weighted by Crippen LogP contribution is 2.32. The molecule has 0 radical (unpaired) electrons. The molecular formula is C35H34F4N4O4. The minimum Gasteiger partial charge on any atom is -0.475 e. The van der Waals surface area contributed by atoms with E-state index in [9.17, 15) is 18.0 Å². The van der Waals surface area contributed by atoms with Gasteiger partial charge < -0.3 is 15.2 Å². The van der Waals surface area contributed by atoms with E-state index in [-0.39, 0.29) is 24.0 Å². The first-order valence-corrected chi connectivity index (χ1v) is 15.0. The lowest BCUT2D eigenvalue weighted by Crippen LogP contribution is -2.44. The van der Waals surface area contributed by atoms with Crippen molar-refractivity contribution in [3.05, 3.63) is 106 Å². The molecule has 0 aliphatic carbocycles. The average Bonchev–Trinajstić information content (AvgIpc) is 3.61. The van der Waals surface area contributed by atoms with Crippen LogP contribution in [0.1, 0.15) is 47.7 Å². The van der Waals surface area contributed by atoms with Crippen LogP contribution in [0.2, 0.25) is 0 Å². The van der Waals surface area contributed by atoms with Gasteiger partial charge in [0.05, 0.1) is 17.9 Å². The zero-order valence-corrected chi connectivity index (χ0v) is 25.7. The lowest BCUT2D eigenvalue weighted by atomic mass is 9.92. The summed E-state index contributed by atoms with van der Waals surface area (Å²) in [6, 6.07) is 21.9. The summed E-state index contributed by atoms with van der Waals surface area (Å²) in [5.41, 5.74) is 5.25. The number of hydrogen-bond donors (Lipinski definition) is 3. The monoisotopic (exact) mass is 650 g/mol. The smallest absolute Gasteiger partial charge is 0.475 e. The molecule has 8 nitrogen and oxygen atoms in total. The molecule has 2 aliphatic rings. The van der Waals surface area contributed by atoms with Crippen LogP contribution in [-0.4, -0.2) is 70.1 Å². The van der Waals surface area contributed by atoms with Gasteiger partial charge in [-0.3, -0.25) is 14.8 Å². The Kier molecular flexibility index (Phi) is 10.2. The number of benzene rings is 3. The molecule has 3 aromatic carbocycles. The van der Waals surface area contributed by atoms with E-state index in [1.807, 2.05) is 48.6 Å². The van der Waals surface area contributed by atoms with E-state index >= 15 is 4.39 Å². The normalized spacial score (nSPS) is 21.2. The molecule has 12 heteroatoms. The fourth-order valence-electron chi connectivity index (χ4n) is 5.79. The summed E-state index contributed by atoms with van der Waals surface area (Å²) < 4.78 is 53.1. The van der Waals surface area contributed by atoms with Crippen LogP contribution in [0.5, 0.6) is 0 Å². The van der Waals surface area contributed by atoms with Gasteiger partial charge in [0.15, 0.2) is 5.82 Å². The van der Waals surface area contributed by atoms with Crippen LogP contribution in [0.4, 0.5) is 17.6 Å². The number of ether oxygens (including phenoxy) is 1. The molecule has 47 heavy (non-hydrogen) atoms. The van der Waals surface area contributed by atoms with Gasteiger partial charge in [-0.15, -0.1) is 0 Å². The van der Waals surface area contributed by atoms with Gasteiger partial charge in [0.1, 0.15) is 5.52 Å². The summed E-state index contributed by atoms with van der Waals surface area (Å²) in [6.45, 7) is 7.52. The van der Waals surface area contributed by atoms with Gasteiger partial charge in [0.25, 0.3) is 0 Å². The van der Waals surface area contributed by atoms with E-state index in [1.165, 1.54) is 5.56 Å². The number of carboxylic acid groups (broad SMARTS) is 1. The molecule has 1 unspecified atom stereocenters. The highest BCUT2D eigenvalue weighted by atomic mass is 19.4. The van der Waals surface area contributed by atoms with Gasteiger partial charge >= 0.3 is 12.1 Å². The Hall–Kier alpha value is -4.81. The Balaban J connectivity index is 0.000000559. The molecular weight excluding hydrogens is 616 g/mol. The Labute approximate surface area is 268 Å². The third kappa shape index (κ3) is 8.32. The summed E-state index contributed by atoms with van der Waals surface area (Å²) in [7, 11) is 0. The van der Waals surface area contributed by atoms with Crippen LogP contribution in [0.15, 0.2) is 72.3 Å². The first-order valence-electron chi connectivity index (χ1n) is 15.0. The van der Waals surface area contributed by atoms with Gasteiger partial charge in [-0.05, 0) is 48.8 Å². The van der Waals surface area contributed by atoms with E-state index < -0.39 is 18.0 Å². The summed E-state index contributed by atoms with van der Waals surface area (Å²) in [4.78, 5) is 23.9. The number of fused-ring (bicyclic) bond motifs is 1. The number of carboxylic acids is 1. The maximum Gasteiger partial charge on any atom is 0.490 e. The number of carbonyl (C=O) groups excluding carboxylic acids is 1. The van der Waals surface area contributed by atoms with E-state index in [0.717, 1.165) is 30.8 Å². The molecule has 246 valence electrons. The number of aliphatic carboxylic acids is 1.